The molecular formula is C11H21NO2. The van der Waals surface area contributed by atoms with Gasteiger partial charge < -0.3 is 4.74 Å². The van der Waals surface area contributed by atoms with Gasteiger partial charge in [0.2, 0.25) is 0 Å². The molecule has 0 aliphatic carbocycles. The zero-order valence-electron chi connectivity index (χ0n) is 9.13. The number of nitrogens with zero attached hydrogens (tertiary/aromatic N) is 1. The Morgan fingerprint density at radius 3 is 2.29 bits per heavy atom. The summed E-state index contributed by atoms with van der Waals surface area (Å²) < 4.78 is 4.94. The number of ether oxygens (including phenoxy) is 1. The van der Waals surface area contributed by atoms with Crippen LogP contribution in [0.3, 0.4) is 0 Å². The maximum atomic E-state index is 11.2. The molecule has 0 spiro atoms. The maximum absolute atomic E-state index is 11.2. The largest absolute Gasteiger partial charge is 0.465 e. The van der Waals surface area contributed by atoms with Gasteiger partial charge >= 0.3 is 5.97 Å². The molecule has 82 valence electrons. The van der Waals surface area contributed by atoms with Crippen molar-refractivity contribution < 1.29 is 9.53 Å². The van der Waals surface area contributed by atoms with Crippen LogP contribution >= 0.6 is 0 Å². The van der Waals surface area contributed by atoms with Crippen molar-refractivity contribution in [1.82, 2.24) is 4.90 Å². The highest BCUT2D eigenvalue weighted by atomic mass is 16.5. The highest BCUT2D eigenvalue weighted by molar-refractivity contribution is 5.71. The molecule has 0 aromatic rings. The Kier molecular flexibility index (Phi) is 5.60. The molecule has 0 N–H and O–H groups in total. The molecule has 3 nitrogen and oxygen atoms in total. The van der Waals surface area contributed by atoms with Gasteiger partial charge in [-0.2, -0.15) is 0 Å². The lowest BCUT2D eigenvalue weighted by Crippen LogP contribution is -2.33. The van der Waals surface area contributed by atoms with E-state index in [4.69, 9.17) is 4.74 Å². The van der Waals surface area contributed by atoms with Gasteiger partial charge in [-0.05, 0) is 32.9 Å². The number of carbonyl (C=O) groups excluding carboxylic acids is 1. The topological polar surface area (TPSA) is 29.5 Å². The monoisotopic (exact) mass is 199 g/mol. The van der Waals surface area contributed by atoms with Crippen molar-refractivity contribution in [1.29, 1.82) is 0 Å². The van der Waals surface area contributed by atoms with E-state index >= 15 is 0 Å². The summed E-state index contributed by atoms with van der Waals surface area (Å²) in [6.45, 7) is 4.93. The van der Waals surface area contributed by atoms with Gasteiger partial charge in [0.1, 0.15) is 0 Å². The number of hydrogen-bond acceptors (Lipinski definition) is 3. The van der Waals surface area contributed by atoms with Gasteiger partial charge in [-0.15, -0.1) is 0 Å². The first-order chi connectivity index (χ1) is 6.83. The van der Waals surface area contributed by atoms with E-state index in [0.717, 1.165) is 13.1 Å². The van der Waals surface area contributed by atoms with Crippen LogP contribution in [0.15, 0.2) is 0 Å². The predicted molar refractivity (Wildman–Crippen MR) is 56.2 cm³/mol. The zero-order chi connectivity index (χ0) is 10.2. The summed E-state index contributed by atoms with van der Waals surface area (Å²) in [5, 5.41) is 0. The molecule has 0 unspecified atom stereocenters. The molecule has 1 aliphatic rings. The second-order valence-electron chi connectivity index (χ2n) is 3.85. The smallest absolute Gasteiger partial charge is 0.320 e. The van der Waals surface area contributed by atoms with E-state index < -0.39 is 0 Å². The highest BCUT2D eigenvalue weighted by Gasteiger charge is 2.12. The third-order valence-electron chi connectivity index (χ3n) is 2.61. The second-order valence-corrected chi connectivity index (χ2v) is 3.85. The van der Waals surface area contributed by atoms with E-state index in [9.17, 15) is 4.79 Å². The Labute approximate surface area is 86.4 Å². The van der Waals surface area contributed by atoms with Crippen molar-refractivity contribution in [2.45, 2.75) is 39.0 Å². The zero-order valence-corrected chi connectivity index (χ0v) is 9.13. The average Bonchev–Trinajstić information content (AvgIpc) is 2.10. The molecule has 1 rings (SSSR count). The molecule has 0 aromatic heterocycles. The second kappa shape index (κ2) is 6.82. The van der Waals surface area contributed by atoms with Crippen molar-refractivity contribution in [3.05, 3.63) is 0 Å². The van der Waals surface area contributed by atoms with Crippen molar-refractivity contribution in [3.63, 3.8) is 0 Å². The molecular weight excluding hydrogens is 178 g/mol. The molecule has 1 aliphatic heterocycles. The molecule has 14 heavy (non-hydrogen) atoms. The Balaban J connectivity index is 2.22. The van der Waals surface area contributed by atoms with Crippen molar-refractivity contribution in [3.8, 4) is 0 Å². The molecule has 1 heterocycles. The van der Waals surface area contributed by atoms with Crippen LogP contribution in [0.25, 0.3) is 0 Å². The number of esters is 1. The van der Waals surface area contributed by atoms with E-state index in [2.05, 4.69) is 4.90 Å². The van der Waals surface area contributed by atoms with Gasteiger partial charge in [0, 0.05) is 0 Å². The number of carbonyl (C=O) groups is 1. The summed E-state index contributed by atoms with van der Waals surface area (Å²) in [6, 6.07) is 0. The molecule has 0 aromatic carbocycles. The SMILES string of the molecule is CCOC(=O)CN1CCCCCCC1. The minimum Gasteiger partial charge on any atom is -0.465 e. The minimum atomic E-state index is -0.0759. The van der Waals surface area contributed by atoms with Crippen molar-refractivity contribution >= 4 is 5.97 Å². The van der Waals surface area contributed by atoms with E-state index in [1.807, 2.05) is 6.92 Å². The standard InChI is InChI=1S/C11H21NO2/c1-2-14-11(13)10-12-8-6-4-3-5-7-9-12/h2-10H2,1H3. The summed E-state index contributed by atoms with van der Waals surface area (Å²) in [4.78, 5) is 13.5. The third kappa shape index (κ3) is 4.61. The van der Waals surface area contributed by atoms with E-state index in [1.54, 1.807) is 0 Å². The van der Waals surface area contributed by atoms with Gasteiger partial charge in [0.05, 0.1) is 13.2 Å². The van der Waals surface area contributed by atoms with Crippen LogP contribution in [0.4, 0.5) is 0 Å². The minimum absolute atomic E-state index is 0.0759. The highest BCUT2D eigenvalue weighted by Crippen LogP contribution is 2.10. The molecule has 0 bridgehead atoms. The quantitative estimate of drug-likeness (QED) is 0.649. The van der Waals surface area contributed by atoms with E-state index in [-0.39, 0.29) is 5.97 Å². The van der Waals surface area contributed by atoms with E-state index in [1.165, 1.54) is 32.1 Å². The first kappa shape index (κ1) is 11.5. The van der Waals surface area contributed by atoms with Crippen LogP contribution in [0, 0.1) is 0 Å². The first-order valence-electron chi connectivity index (χ1n) is 5.71. The fraction of sp³-hybridized carbons (Fsp3) is 0.909. The summed E-state index contributed by atoms with van der Waals surface area (Å²) in [6.07, 6.45) is 6.41. The van der Waals surface area contributed by atoms with Gasteiger partial charge in [-0.1, -0.05) is 19.3 Å². The summed E-state index contributed by atoms with van der Waals surface area (Å²) >= 11 is 0. The lowest BCUT2D eigenvalue weighted by Gasteiger charge is -2.23. The maximum Gasteiger partial charge on any atom is 0.320 e. The molecule has 1 fully saturated rings. The lowest BCUT2D eigenvalue weighted by molar-refractivity contribution is -0.144. The Morgan fingerprint density at radius 2 is 1.71 bits per heavy atom. The fourth-order valence-corrected chi connectivity index (χ4v) is 1.86. The van der Waals surface area contributed by atoms with Crippen LogP contribution in [0.2, 0.25) is 0 Å². The van der Waals surface area contributed by atoms with Gasteiger partial charge in [-0.25, -0.2) is 0 Å². The number of rotatable bonds is 3. The number of likely N-dealkylation sites (tertiary alicyclic amines) is 1. The van der Waals surface area contributed by atoms with Gasteiger partial charge in [0.15, 0.2) is 0 Å². The van der Waals surface area contributed by atoms with Crippen molar-refractivity contribution in [2.24, 2.45) is 0 Å². The molecule has 0 amide bonds. The van der Waals surface area contributed by atoms with Crippen LogP contribution in [-0.2, 0) is 9.53 Å². The molecule has 0 radical (unpaired) electrons. The summed E-state index contributed by atoms with van der Waals surface area (Å²) in [5.74, 6) is -0.0759. The Morgan fingerprint density at radius 1 is 1.14 bits per heavy atom. The lowest BCUT2D eigenvalue weighted by atomic mass is 10.1. The molecule has 3 heteroatoms. The fourth-order valence-electron chi connectivity index (χ4n) is 1.86. The van der Waals surface area contributed by atoms with Crippen LogP contribution < -0.4 is 0 Å². The van der Waals surface area contributed by atoms with Gasteiger partial charge in [-0.3, -0.25) is 9.69 Å². The first-order valence-corrected chi connectivity index (χ1v) is 5.71. The van der Waals surface area contributed by atoms with Crippen LogP contribution in [0.1, 0.15) is 39.0 Å². The Bertz CT molecular complexity index is 163. The normalized spacial score (nSPS) is 19.8. The van der Waals surface area contributed by atoms with Crippen molar-refractivity contribution in [2.75, 3.05) is 26.2 Å². The predicted octanol–water partition coefficient (Wildman–Crippen LogP) is 1.82. The molecule has 0 saturated carbocycles. The summed E-state index contributed by atoms with van der Waals surface area (Å²) in [7, 11) is 0. The molecule has 0 atom stereocenters. The van der Waals surface area contributed by atoms with Crippen LogP contribution in [0.5, 0.6) is 0 Å². The summed E-state index contributed by atoms with van der Waals surface area (Å²) in [5.41, 5.74) is 0. The van der Waals surface area contributed by atoms with E-state index in [0.29, 0.717) is 13.2 Å². The molecule has 1 saturated heterocycles. The number of hydrogen-bond donors (Lipinski definition) is 0. The Hall–Kier alpha value is -0.570. The average molecular weight is 199 g/mol. The van der Waals surface area contributed by atoms with Gasteiger partial charge in [0.25, 0.3) is 0 Å². The van der Waals surface area contributed by atoms with Crippen LogP contribution in [-0.4, -0.2) is 37.1 Å². The third-order valence-corrected chi connectivity index (χ3v) is 2.61.